The van der Waals surface area contributed by atoms with Gasteiger partial charge in [-0.3, -0.25) is 0 Å². The molecule has 3 saturated heterocycles. The molecule has 4 unspecified atom stereocenters. The zero-order chi connectivity index (χ0) is 12.5. The Hall–Kier alpha value is 2.78. The Bertz CT molecular complexity index is 247. The predicted octanol–water partition coefficient (Wildman–Crippen LogP) is 2.00. The van der Waals surface area contributed by atoms with Crippen molar-refractivity contribution in [2.75, 3.05) is 11.5 Å². The first kappa shape index (κ1) is 15.7. The van der Waals surface area contributed by atoms with Crippen LogP contribution in [0.1, 0.15) is 12.8 Å². The molecule has 0 aliphatic carbocycles. The van der Waals surface area contributed by atoms with Crippen molar-refractivity contribution in [1.29, 1.82) is 0 Å². The zero-order valence-corrected chi connectivity index (χ0v) is 19.0. The van der Waals surface area contributed by atoms with Crippen LogP contribution < -0.4 is 0 Å². The average molecular weight is 544 g/mol. The Morgan fingerprint density at radius 2 is 1.44 bits per heavy atom. The van der Waals surface area contributed by atoms with E-state index in [1.54, 1.807) is 10.6 Å². The third-order valence-corrected chi connectivity index (χ3v) is 18.3. The number of rotatable bonds is 6. The predicted molar refractivity (Wildman–Crippen MR) is 91.9 cm³/mol. The van der Waals surface area contributed by atoms with Crippen LogP contribution in [0.5, 0.6) is 0 Å². The van der Waals surface area contributed by atoms with Gasteiger partial charge in [-0.2, -0.15) is 0 Å². The van der Waals surface area contributed by atoms with Crippen molar-refractivity contribution in [3.05, 3.63) is 0 Å². The Labute approximate surface area is 148 Å². The van der Waals surface area contributed by atoms with Gasteiger partial charge in [0.2, 0.25) is 0 Å². The summed E-state index contributed by atoms with van der Waals surface area (Å²) in [6.07, 6.45) is 3.00. The second-order valence-electron chi connectivity index (χ2n) is 5.31. The standard InChI is InChI=1S/C12H20S2Se4/c15-10(1-8-3-13-8)7-5-17-12(18-6-7)11(16)2-9-4-14-9/h7-12,15-16H,1-6H2. The number of hydrogen-bond donors (Lipinski definition) is 0. The van der Waals surface area contributed by atoms with E-state index in [4.69, 9.17) is 0 Å². The van der Waals surface area contributed by atoms with Gasteiger partial charge < -0.3 is 0 Å². The van der Waals surface area contributed by atoms with Crippen molar-refractivity contribution < 1.29 is 0 Å². The first-order chi connectivity index (χ1) is 8.72. The van der Waals surface area contributed by atoms with Crippen molar-refractivity contribution >= 4 is 85.5 Å². The van der Waals surface area contributed by atoms with E-state index in [1.165, 1.54) is 24.3 Å². The summed E-state index contributed by atoms with van der Waals surface area (Å²) in [4.78, 5) is 1.95. The summed E-state index contributed by atoms with van der Waals surface area (Å²) >= 11 is 12.3. The Morgan fingerprint density at radius 1 is 0.944 bits per heavy atom. The van der Waals surface area contributed by atoms with Gasteiger partial charge in [-0.1, -0.05) is 0 Å². The third kappa shape index (κ3) is 4.91. The molecular weight excluding hydrogens is 524 g/mol. The molecule has 0 spiro atoms. The molecule has 0 amide bonds. The fourth-order valence-electron chi connectivity index (χ4n) is 2.23. The van der Waals surface area contributed by atoms with Gasteiger partial charge in [0.05, 0.1) is 0 Å². The van der Waals surface area contributed by atoms with Crippen LogP contribution in [0.2, 0.25) is 24.0 Å². The molecule has 3 aliphatic heterocycles. The summed E-state index contributed by atoms with van der Waals surface area (Å²) in [5.74, 6) is 3.99. The number of hydrogen-bond acceptors (Lipinski definition) is 2. The molecule has 0 saturated carbocycles. The third-order valence-electron chi connectivity index (χ3n) is 3.62. The molecule has 0 aromatic carbocycles. The van der Waals surface area contributed by atoms with Crippen LogP contribution in [0.4, 0.5) is 0 Å². The zero-order valence-electron chi connectivity index (χ0n) is 10.2. The van der Waals surface area contributed by atoms with E-state index in [9.17, 15) is 0 Å². The summed E-state index contributed by atoms with van der Waals surface area (Å²) in [5.41, 5.74) is 0. The molecule has 6 heteroatoms. The van der Waals surface area contributed by atoms with E-state index in [2.05, 4.69) is 55.5 Å². The van der Waals surface area contributed by atoms with Gasteiger partial charge >= 0.3 is 150 Å². The molecule has 3 fully saturated rings. The monoisotopic (exact) mass is 548 g/mol. The fraction of sp³-hybridized carbons (Fsp3) is 1.00. The second-order valence-corrected chi connectivity index (χ2v) is 17.2. The SMILES string of the molecule is [SeH]C(CC1CS1)C1C[Se]C(C([SeH])CC2CS2)[Se]C1. The molecule has 0 aromatic rings. The van der Waals surface area contributed by atoms with E-state index in [0.717, 1.165) is 59.7 Å². The van der Waals surface area contributed by atoms with Crippen LogP contribution in [-0.2, 0) is 0 Å². The van der Waals surface area contributed by atoms with E-state index >= 15 is 0 Å². The normalized spacial score (nSPS) is 42.3. The van der Waals surface area contributed by atoms with Crippen molar-refractivity contribution in [3.8, 4) is 0 Å². The molecule has 3 rings (SSSR count). The Morgan fingerprint density at radius 3 is 1.94 bits per heavy atom. The average Bonchev–Trinajstić information content (AvgIpc) is 3.25. The minimum atomic E-state index is 0.953. The van der Waals surface area contributed by atoms with Gasteiger partial charge in [-0.25, -0.2) is 0 Å². The van der Waals surface area contributed by atoms with Crippen LogP contribution in [0.25, 0.3) is 0 Å². The second kappa shape index (κ2) is 7.36. The van der Waals surface area contributed by atoms with Crippen LogP contribution in [0.3, 0.4) is 0 Å². The van der Waals surface area contributed by atoms with Crippen LogP contribution >= 0.6 is 23.5 Å². The van der Waals surface area contributed by atoms with E-state index in [0.29, 0.717) is 0 Å². The van der Waals surface area contributed by atoms with Crippen LogP contribution in [0.15, 0.2) is 0 Å². The Balaban J connectivity index is 1.39. The van der Waals surface area contributed by atoms with Crippen molar-refractivity contribution in [3.63, 3.8) is 0 Å². The molecule has 0 bridgehead atoms. The van der Waals surface area contributed by atoms with Gasteiger partial charge in [0.25, 0.3) is 0 Å². The molecule has 104 valence electrons. The van der Waals surface area contributed by atoms with Crippen LogP contribution in [-0.4, -0.2) is 83.9 Å². The maximum absolute atomic E-state index is 3.03. The van der Waals surface area contributed by atoms with Crippen molar-refractivity contribution in [2.24, 2.45) is 5.92 Å². The van der Waals surface area contributed by atoms with Crippen molar-refractivity contribution in [1.82, 2.24) is 0 Å². The maximum atomic E-state index is 3.03. The fourth-order valence-corrected chi connectivity index (χ4v) is 17.3. The van der Waals surface area contributed by atoms with Gasteiger partial charge in [0.1, 0.15) is 0 Å². The molecule has 3 aliphatic rings. The molecule has 0 aromatic heterocycles. The summed E-state index contributed by atoms with van der Waals surface area (Å²) in [6.45, 7) is 0. The summed E-state index contributed by atoms with van der Waals surface area (Å²) in [6, 6.07) is 0. The minimum absolute atomic E-state index is 0.953. The van der Waals surface area contributed by atoms with Crippen molar-refractivity contribution in [2.45, 2.75) is 47.3 Å². The molecule has 4 atom stereocenters. The topological polar surface area (TPSA) is 0 Å². The first-order valence-electron chi connectivity index (χ1n) is 6.55. The quantitative estimate of drug-likeness (QED) is 0.371. The van der Waals surface area contributed by atoms with Gasteiger partial charge in [-0.15, -0.1) is 0 Å². The van der Waals surface area contributed by atoms with Crippen LogP contribution in [0, 0.1) is 5.92 Å². The number of thioether (sulfide) groups is 2. The summed E-state index contributed by atoms with van der Waals surface area (Å²) < 4.78 is 1.15. The first-order valence-corrected chi connectivity index (χ1v) is 15.2. The van der Waals surface area contributed by atoms with Gasteiger partial charge in [0, 0.05) is 0 Å². The van der Waals surface area contributed by atoms with Gasteiger partial charge in [0.15, 0.2) is 0 Å². The summed E-state index contributed by atoms with van der Waals surface area (Å²) in [7, 11) is 0. The molecule has 18 heavy (non-hydrogen) atoms. The summed E-state index contributed by atoms with van der Waals surface area (Å²) in [5, 5.41) is 5.26. The van der Waals surface area contributed by atoms with E-state index < -0.39 is 0 Å². The van der Waals surface area contributed by atoms with E-state index in [1.807, 2.05) is 0 Å². The van der Waals surface area contributed by atoms with Gasteiger partial charge in [-0.05, 0) is 0 Å². The Kier molecular flexibility index (Phi) is 6.41. The molecule has 0 nitrogen and oxygen atoms in total. The molecule has 3 heterocycles. The van der Waals surface area contributed by atoms with E-state index in [-0.39, 0.29) is 0 Å². The molecule has 0 radical (unpaired) electrons. The molecule has 0 N–H and O–H groups in total. The molecular formula is C12H20S2Se4.